The van der Waals surface area contributed by atoms with Crippen molar-refractivity contribution in [2.24, 2.45) is 0 Å². The Bertz CT molecular complexity index is 794. The number of hydrogen-bond acceptors (Lipinski definition) is 3. The van der Waals surface area contributed by atoms with Gasteiger partial charge in [0.2, 0.25) is 5.28 Å². The van der Waals surface area contributed by atoms with Crippen molar-refractivity contribution in [1.29, 1.82) is 0 Å². The second kappa shape index (κ2) is 7.88. The number of benzene rings is 2. The molecule has 5 heteroatoms. The van der Waals surface area contributed by atoms with Crippen molar-refractivity contribution in [2.75, 3.05) is 0 Å². The van der Waals surface area contributed by atoms with Gasteiger partial charge in [-0.1, -0.05) is 44.2 Å². The summed E-state index contributed by atoms with van der Waals surface area (Å²) in [5.41, 5.74) is 1.67. The summed E-state index contributed by atoms with van der Waals surface area (Å²) in [6.07, 6.45) is 1.48. The lowest BCUT2D eigenvalue weighted by atomic mass is 10.1. The van der Waals surface area contributed by atoms with Crippen molar-refractivity contribution >= 4 is 22.5 Å². The molecule has 0 saturated carbocycles. The highest BCUT2D eigenvalue weighted by atomic mass is 35.5. The number of nitrogens with zero attached hydrogens (tertiary/aromatic N) is 2. The first-order valence-corrected chi connectivity index (χ1v) is 7.81. The third-order valence-corrected chi connectivity index (χ3v) is 3.35. The molecule has 0 spiro atoms. The van der Waals surface area contributed by atoms with Crippen molar-refractivity contribution in [3.8, 4) is 5.75 Å². The number of aryl methyl sites for hydroxylation is 1. The molecule has 2 aromatic carbocycles. The van der Waals surface area contributed by atoms with E-state index in [9.17, 15) is 4.39 Å². The smallest absolute Gasteiger partial charge is 0.223 e. The second-order valence-electron chi connectivity index (χ2n) is 4.68. The minimum atomic E-state index is -0.402. The number of rotatable bonds is 3. The van der Waals surface area contributed by atoms with Crippen LogP contribution in [-0.4, -0.2) is 9.97 Å². The van der Waals surface area contributed by atoms with E-state index < -0.39 is 5.82 Å². The summed E-state index contributed by atoms with van der Waals surface area (Å²) in [5, 5.41) is 0.527. The zero-order valence-electron chi connectivity index (χ0n) is 13.3. The first kappa shape index (κ1) is 17.2. The van der Waals surface area contributed by atoms with E-state index >= 15 is 0 Å². The highest BCUT2D eigenvalue weighted by molar-refractivity contribution is 6.28. The van der Waals surface area contributed by atoms with Gasteiger partial charge in [-0.2, -0.15) is 0 Å². The average Bonchev–Trinajstić information content (AvgIpc) is 2.59. The molecule has 0 radical (unpaired) electrons. The van der Waals surface area contributed by atoms with Gasteiger partial charge >= 0.3 is 0 Å². The Balaban J connectivity index is 0.000000924. The van der Waals surface area contributed by atoms with Gasteiger partial charge < -0.3 is 4.74 Å². The molecule has 3 aromatic rings. The van der Waals surface area contributed by atoms with Crippen LogP contribution in [0.1, 0.15) is 25.0 Å². The number of fused-ring (bicyclic) bond motifs is 1. The molecule has 120 valence electrons. The van der Waals surface area contributed by atoms with Crippen LogP contribution in [0.4, 0.5) is 4.39 Å². The molecule has 0 aliphatic carbocycles. The normalized spacial score (nSPS) is 10.1. The lowest BCUT2D eigenvalue weighted by Gasteiger charge is -2.11. The molecule has 0 N–H and O–H groups in total. The van der Waals surface area contributed by atoms with Crippen molar-refractivity contribution in [3.63, 3.8) is 0 Å². The fraction of sp³-hybridized carbons (Fsp3) is 0.222. The molecule has 1 heterocycles. The van der Waals surface area contributed by atoms with Gasteiger partial charge in [-0.15, -0.1) is 0 Å². The molecule has 23 heavy (non-hydrogen) atoms. The van der Waals surface area contributed by atoms with Gasteiger partial charge in [0.05, 0.1) is 5.39 Å². The van der Waals surface area contributed by atoms with E-state index in [0.717, 1.165) is 5.56 Å². The minimum absolute atomic E-state index is 0.0148. The predicted molar refractivity (Wildman–Crippen MR) is 91.4 cm³/mol. The Labute approximate surface area is 140 Å². The monoisotopic (exact) mass is 332 g/mol. The SMILES string of the molecule is CC.Cc1cc(OCc2ccccc2)c2cnc(Cl)nc2c1F. The summed E-state index contributed by atoms with van der Waals surface area (Å²) in [6, 6.07) is 11.4. The predicted octanol–water partition coefficient (Wildman–Crippen LogP) is 5.34. The fourth-order valence-corrected chi connectivity index (χ4v) is 2.22. The van der Waals surface area contributed by atoms with Crippen LogP contribution in [0.15, 0.2) is 42.6 Å². The molecule has 0 aliphatic heterocycles. The first-order chi connectivity index (χ1) is 11.1. The lowest BCUT2D eigenvalue weighted by Crippen LogP contribution is -1.99. The standard InChI is InChI=1S/C16H12ClFN2O.C2H6/c1-10-7-13(21-9-11-5-3-2-4-6-11)12-8-19-16(17)20-15(12)14(10)18;1-2/h2-8H,9H2,1H3;1-2H3. The number of ether oxygens (including phenoxy) is 1. The zero-order chi connectivity index (χ0) is 16.8. The van der Waals surface area contributed by atoms with Crippen LogP contribution in [0.2, 0.25) is 5.28 Å². The van der Waals surface area contributed by atoms with Gasteiger partial charge in [0, 0.05) is 6.20 Å². The van der Waals surface area contributed by atoms with Crippen LogP contribution >= 0.6 is 11.6 Å². The van der Waals surface area contributed by atoms with Crippen LogP contribution in [0.25, 0.3) is 10.9 Å². The Morgan fingerprint density at radius 1 is 1.17 bits per heavy atom. The average molecular weight is 333 g/mol. The molecule has 0 saturated heterocycles. The van der Waals surface area contributed by atoms with Gasteiger partial charge in [-0.05, 0) is 35.7 Å². The highest BCUT2D eigenvalue weighted by Gasteiger charge is 2.13. The van der Waals surface area contributed by atoms with E-state index in [0.29, 0.717) is 23.3 Å². The Kier molecular flexibility index (Phi) is 5.88. The highest BCUT2D eigenvalue weighted by Crippen LogP contribution is 2.30. The van der Waals surface area contributed by atoms with Crippen LogP contribution in [-0.2, 0) is 6.61 Å². The summed E-state index contributed by atoms with van der Waals surface area (Å²) >= 11 is 5.74. The topological polar surface area (TPSA) is 35.0 Å². The molecule has 0 amide bonds. The van der Waals surface area contributed by atoms with Gasteiger partial charge in [-0.25, -0.2) is 14.4 Å². The number of halogens is 2. The molecule has 3 rings (SSSR count). The number of hydrogen-bond donors (Lipinski definition) is 0. The molecule has 0 unspecified atom stereocenters. The second-order valence-corrected chi connectivity index (χ2v) is 5.02. The quantitative estimate of drug-likeness (QED) is 0.607. The zero-order valence-corrected chi connectivity index (χ0v) is 14.1. The van der Waals surface area contributed by atoms with Crippen LogP contribution in [0.5, 0.6) is 5.75 Å². The molecule has 0 atom stereocenters. The third-order valence-electron chi connectivity index (χ3n) is 3.16. The van der Waals surface area contributed by atoms with E-state index in [1.165, 1.54) is 6.20 Å². The minimum Gasteiger partial charge on any atom is -0.488 e. The van der Waals surface area contributed by atoms with Crippen molar-refractivity contribution in [3.05, 3.63) is 64.8 Å². The van der Waals surface area contributed by atoms with Gasteiger partial charge in [-0.3, -0.25) is 0 Å². The van der Waals surface area contributed by atoms with E-state index in [1.807, 2.05) is 44.2 Å². The summed E-state index contributed by atoms with van der Waals surface area (Å²) in [6.45, 7) is 6.06. The molecule has 3 nitrogen and oxygen atoms in total. The van der Waals surface area contributed by atoms with Crippen molar-refractivity contribution < 1.29 is 9.13 Å². The molecular weight excluding hydrogens is 315 g/mol. The van der Waals surface area contributed by atoms with Crippen LogP contribution in [0, 0.1) is 12.7 Å². The molecular formula is C18H18ClFN2O. The van der Waals surface area contributed by atoms with E-state index in [2.05, 4.69) is 9.97 Å². The molecule has 1 aromatic heterocycles. The van der Waals surface area contributed by atoms with Crippen molar-refractivity contribution in [2.45, 2.75) is 27.4 Å². The molecule has 0 fully saturated rings. The maximum absolute atomic E-state index is 14.1. The van der Waals surface area contributed by atoms with Crippen LogP contribution < -0.4 is 4.74 Å². The first-order valence-electron chi connectivity index (χ1n) is 7.43. The Morgan fingerprint density at radius 2 is 1.87 bits per heavy atom. The largest absolute Gasteiger partial charge is 0.488 e. The van der Waals surface area contributed by atoms with Gasteiger partial charge in [0.1, 0.15) is 17.9 Å². The third kappa shape index (κ3) is 3.96. The summed E-state index contributed by atoms with van der Waals surface area (Å²) in [7, 11) is 0. The maximum Gasteiger partial charge on any atom is 0.223 e. The summed E-state index contributed by atoms with van der Waals surface area (Å²) < 4.78 is 19.9. The number of aromatic nitrogens is 2. The molecule has 0 aliphatic rings. The van der Waals surface area contributed by atoms with E-state index in [4.69, 9.17) is 16.3 Å². The van der Waals surface area contributed by atoms with E-state index in [-0.39, 0.29) is 10.8 Å². The maximum atomic E-state index is 14.1. The van der Waals surface area contributed by atoms with Crippen molar-refractivity contribution in [1.82, 2.24) is 9.97 Å². The van der Waals surface area contributed by atoms with E-state index in [1.54, 1.807) is 13.0 Å². The summed E-state index contributed by atoms with van der Waals surface area (Å²) in [4.78, 5) is 7.85. The fourth-order valence-electron chi connectivity index (χ4n) is 2.09. The lowest BCUT2D eigenvalue weighted by molar-refractivity contribution is 0.309. The Hall–Kier alpha value is -2.20. The van der Waals surface area contributed by atoms with Gasteiger partial charge in [0.25, 0.3) is 0 Å². The van der Waals surface area contributed by atoms with Crippen LogP contribution in [0.3, 0.4) is 0 Å². The Morgan fingerprint density at radius 3 is 2.57 bits per heavy atom. The summed E-state index contributed by atoms with van der Waals surface area (Å²) in [5.74, 6) is 0.144. The van der Waals surface area contributed by atoms with Gasteiger partial charge in [0.15, 0.2) is 5.82 Å². The molecule has 0 bridgehead atoms.